The first-order chi connectivity index (χ1) is 15.7. The van der Waals surface area contributed by atoms with E-state index in [2.05, 4.69) is 46.6 Å². The molecule has 0 aliphatic carbocycles. The van der Waals surface area contributed by atoms with E-state index in [0.717, 1.165) is 54.8 Å². The maximum absolute atomic E-state index is 12.9. The third-order valence-electron chi connectivity index (χ3n) is 5.62. The molecule has 0 aromatic carbocycles. The van der Waals surface area contributed by atoms with Crippen LogP contribution in [0.4, 0.5) is 22.1 Å². The van der Waals surface area contributed by atoms with E-state index in [0.29, 0.717) is 11.5 Å². The zero-order valence-corrected chi connectivity index (χ0v) is 19.9. The highest BCUT2D eigenvalue weighted by atomic mass is 16.2. The third-order valence-corrected chi connectivity index (χ3v) is 5.62. The number of piperazine rings is 1. The number of aromatic nitrogens is 4. The number of amides is 2. The summed E-state index contributed by atoms with van der Waals surface area (Å²) in [6, 6.07) is 9.27. The number of anilines is 3. The molecule has 0 spiro atoms. The first-order valence-corrected chi connectivity index (χ1v) is 11.3. The van der Waals surface area contributed by atoms with Crippen molar-refractivity contribution in [1.82, 2.24) is 25.1 Å². The van der Waals surface area contributed by atoms with Gasteiger partial charge in [0.2, 0.25) is 0 Å². The molecular formula is C24H32N8O. The van der Waals surface area contributed by atoms with Gasteiger partial charge in [-0.2, -0.15) is 5.10 Å². The fourth-order valence-corrected chi connectivity index (χ4v) is 3.64. The van der Waals surface area contributed by atoms with Gasteiger partial charge in [-0.05, 0) is 38.1 Å². The smallest absolute Gasteiger partial charge is 0.324 e. The number of pyridine rings is 2. The highest BCUT2D eigenvalue weighted by molar-refractivity contribution is 5.99. The largest absolute Gasteiger partial charge is 0.354 e. The molecule has 4 heterocycles. The second-order valence-corrected chi connectivity index (χ2v) is 9.35. The Hall–Kier alpha value is -3.46. The number of hydrogen-bond donors (Lipinski definition) is 3. The molecule has 174 valence electrons. The molecule has 0 bridgehead atoms. The molecule has 3 N–H and O–H groups in total. The molecule has 0 radical (unpaired) electrons. The molecule has 3 aromatic rings. The summed E-state index contributed by atoms with van der Waals surface area (Å²) in [5, 5.41) is 13.9. The van der Waals surface area contributed by atoms with E-state index in [1.165, 1.54) is 0 Å². The van der Waals surface area contributed by atoms with Crippen molar-refractivity contribution < 1.29 is 4.79 Å². The molecule has 2 amide bonds. The second kappa shape index (κ2) is 9.19. The molecule has 1 saturated heterocycles. The minimum Gasteiger partial charge on any atom is -0.354 e. The maximum Gasteiger partial charge on any atom is 0.324 e. The van der Waals surface area contributed by atoms with Crippen LogP contribution in [-0.2, 0) is 5.41 Å². The van der Waals surface area contributed by atoms with Crippen molar-refractivity contribution in [2.45, 2.75) is 40.0 Å². The monoisotopic (exact) mass is 448 g/mol. The van der Waals surface area contributed by atoms with E-state index in [-0.39, 0.29) is 11.4 Å². The van der Waals surface area contributed by atoms with Crippen LogP contribution in [0.15, 0.2) is 36.5 Å². The van der Waals surface area contributed by atoms with Crippen LogP contribution in [0.3, 0.4) is 0 Å². The molecule has 33 heavy (non-hydrogen) atoms. The number of nitrogens with zero attached hydrogens (tertiary/aromatic N) is 5. The lowest BCUT2D eigenvalue weighted by molar-refractivity contribution is 0.262. The highest BCUT2D eigenvalue weighted by Crippen LogP contribution is 2.26. The van der Waals surface area contributed by atoms with Crippen molar-refractivity contribution in [2.24, 2.45) is 0 Å². The lowest BCUT2D eigenvalue weighted by Crippen LogP contribution is -2.43. The van der Waals surface area contributed by atoms with E-state index in [4.69, 9.17) is 10.1 Å². The van der Waals surface area contributed by atoms with Crippen LogP contribution >= 0.6 is 0 Å². The summed E-state index contributed by atoms with van der Waals surface area (Å²) < 4.78 is 1.71. The van der Waals surface area contributed by atoms with Crippen molar-refractivity contribution in [3.63, 3.8) is 0 Å². The molecule has 9 heteroatoms. The van der Waals surface area contributed by atoms with Crippen LogP contribution in [-0.4, -0.2) is 52.0 Å². The van der Waals surface area contributed by atoms with E-state index in [9.17, 15) is 4.79 Å². The Morgan fingerprint density at radius 1 is 1.06 bits per heavy atom. The van der Waals surface area contributed by atoms with Crippen molar-refractivity contribution in [1.29, 1.82) is 0 Å². The lowest BCUT2D eigenvalue weighted by Gasteiger charge is -2.28. The lowest BCUT2D eigenvalue weighted by atomic mass is 9.92. The summed E-state index contributed by atoms with van der Waals surface area (Å²) in [5.74, 6) is 1.51. The molecular weight excluding hydrogens is 416 g/mol. The molecule has 1 aliphatic rings. The first-order valence-electron chi connectivity index (χ1n) is 11.3. The average molecular weight is 449 g/mol. The molecule has 1 aliphatic heterocycles. The fourth-order valence-electron chi connectivity index (χ4n) is 3.64. The molecule has 4 rings (SSSR count). The van der Waals surface area contributed by atoms with Gasteiger partial charge in [0, 0.05) is 43.4 Å². The fraction of sp³-hybridized carbons (Fsp3) is 0.417. The van der Waals surface area contributed by atoms with Crippen molar-refractivity contribution in [3.8, 4) is 5.69 Å². The molecule has 0 unspecified atom stereocenters. The number of aryl methyl sites for hydroxylation is 2. The van der Waals surface area contributed by atoms with Crippen molar-refractivity contribution in [2.75, 3.05) is 41.7 Å². The van der Waals surface area contributed by atoms with E-state index >= 15 is 0 Å². The van der Waals surface area contributed by atoms with Gasteiger partial charge in [-0.25, -0.2) is 14.5 Å². The average Bonchev–Trinajstić information content (AvgIpc) is 3.20. The Morgan fingerprint density at radius 3 is 2.45 bits per heavy atom. The van der Waals surface area contributed by atoms with Gasteiger partial charge in [-0.15, -0.1) is 0 Å². The Morgan fingerprint density at radius 2 is 1.82 bits per heavy atom. The third kappa shape index (κ3) is 5.31. The summed E-state index contributed by atoms with van der Waals surface area (Å²) in [6.45, 7) is 13.9. The highest BCUT2D eigenvalue weighted by Gasteiger charge is 2.22. The van der Waals surface area contributed by atoms with Gasteiger partial charge >= 0.3 is 6.03 Å². The van der Waals surface area contributed by atoms with E-state index < -0.39 is 0 Å². The molecule has 0 saturated carbocycles. The predicted molar refractivity (Wildman–Crippen MR) is 131 cm³/mol. The zero-order chi connectivity index (χ0) is 23.6. The summed E-state index contributed by atoms with van der Waals surface area (Å²) >= 11 is 0. The summed E-state index contributed by atoms with van der Waals surface area (Å²) in [7, 11) is 0. The van der Waals surface area contributed by atoms with Gasteiger partial charge < -0.3 is 15.5 Å². The summed E-state index contributed by atoms with van der Waals surface area (Å²) in [4.78, 5) is 24.2. The van der Waals surface area contributed by atoms with Crippen LogP contribution < -0.4 is 20.9 Å². The van der Waals surface area contributed by atoms with Crippen molar-refractivity contribution >= 4 is 23.4 Å². The normalized spacial score (nSPS) is 14.3. The van der Waals surface area contributed by atoms with Gasteiger partial charge in [-0.1, -0.05) is 20.8 Å². The van der Waals surface area contributed by atoms with Gasteiger partial charge in [0.05, 0.1) is 29.0 Å². The second-order valence-electron chi connectivity index (χ2n) is 9.35. The summed E-state index contributed by atoms with van der Waals surface area (Å²) in [5.41, 5.74) is 3.84. The van der Waals surface area contributed by atoms with E-state index in [1.807, 2.05) is 44.2 Å². The van der Waals surface area contributed by atoms with Gasteiger partial charge in [-0.3, -0.25) is 10.3 Å². The minimum atomic E-state index is -0.350. The summed E-state index contributed by atoms with van der Waals surface area (Å²) in [6.07, 6.45) is 1.75. The topological polar surface area (TPSA) is 100 Å². The first kappa shape index (κ1) is 22.7. The van der Waals surface area contributed by atoms with Gasteiger partial charge in [0.1, 0.15) is 11.6 Å². The number of rotatable bonds is 4. The Balaban J connectivity index is 1.53. The zero-order valence-electron chi connectivity index (χ0n) is 19.9. The molecule has 3 aromatic heterocycles. The van der Waals surface area contributed by atoms with Gasteiger partial charge in [0.15, 0.2) is 0 Å². The van der Waals surface area contributed by atoms with E-state index in [1.54, 1.807) is 10.9 Å². The molecule has 0 atom stereocenters. The number of urea groups is 1. The Labute approximate surface area is 194 Å². The SMILES string of the molecule is Cc1ccc(-n2nc(C(C)(C)C)cc2NC(=O)Nc2ccc(N3CCNCC3)nc2C)cn1. The van der Waals surface area contributed by atoms with Crippen LogP contribution in [0, 0.1) is 13.8 Å². The number of carbonyl (C=O) groups is 1. The predicted octanol–water partition coefficient (Wildman–Crippen LogP) is 3.63. The Kier molecular flexibility index (Phi) is 6.33. The van der Waals surface area contributed by atoms with Crippen LogP contribution in [0.1, 0.15) is 37.9 Å². The minimum absolute atomic E-state index is 0.170. The van der Waals surface area contributed by atoms with Crippen LogP contribution in [0.2, 0.25) is 0 Å². The van der Waals surface area contributed by atoms with Crippen LogP contribution in [0.5, 0.6) is 0 Å². The van der Waals surface area contributed by atoms with Crippen LogP contribution in [0.25, 0.3) is 5.69 Å². The number of nitrogens with one attached hydrogen (secondary N) is 3. The number of carbonyl (C=O) groups excluding carboxylic acids is 1. The Bertz CT molecular complexity index is 1120. The quantitative estimate of drug-likeness (QED) is 0.564. The standard InChI is InChI=1S/C24H32N8O/c1-16-6-7-18(15-26-16)32-22(14-20(30-32)24(3,4)5)29-23(33)28-19-8-9-21(27-17(19)2)31-12-10-25-11-13-31/h6-9,14-15,25H,10-13H2,1-5H3,(H2,28,29,33). The van der Waals surface area contributed by atoms with Crippen molar-refractivity contribution in [3.05, 3.63) is 53.6 Å². The maximum atomic E-state index is 12.9. The molecule has 1 fully saturated rings. The number of hydrogen-bond acceptors (Lipinski definition) is 6. The van der Waals surface area contributed by atoms with Gasteiger partial charge in [0.25, 0.3) is 0 Å². The molecule has 9 nitrogen and oxygen atoms in total.